The van der Waals surface area contributed by atoms with Crippen molar-refractivity contribution in [3.05, 3.63) is 0 Å². The number of hydrogen-bond donors (Lipinski definition) is 0. The van der Waals surface area contributed by atoms with Gasteiger partial charge < -0.3 is 4.74 Å². The fourth-order valence-corrected chi connectivity index (χ4v) is 4.56. The van der Waals surface area contributed by atoms with Gasteiger partial charge in [0.1, 0.15) is 0 Å². The van der Waals surface area contributed by atoms with Crippen LogP contribution in [-0.2, 0) is 4.74 Å². The molecule has 2 aliphatic rings. The molecule has 0 aliphatic heterocycles. The molecule has 0 saturated heterocycles. The van der Waals surface area contributed by atoms with Gasteiger partial charge in [0.15, 0.2) is 0 Å². The molecule has 0 aromatic rings. The van der Waals surface area contributed by atoms with E-state index in [1.165, 1.54) is 77.0 Å². The Morgan fingerprint density at radius 3 is 2.45 bits per heavy atom. The first-order chi connectivity index (χ1) is 9.83. The summed E-state index contributed by atoms with van der Waals surface area (Å²) in [5.41, 5.74) is 0. The lowest BCUT2D eigenvalue weighted by molar-refractivity contribution is -0.0561. The Kier molecular flexibility index (Phi) is 7.41. The smallest absolute Gasteiger partial charge is 0.0603 e. The summed E-state index contributed by atoms with van der Waals surface area (Å²) in [5, 5.41) is 0. The average Bonchev–Trinajstić information content (AvgIpc) is 2.49. The van der Waals surface area contributed by atoms with Crippen molar-refractivity contribution >= 4 is 0 Å². The van der Waals surface area contributed by atoms with E-state index in [0.29, 0.717) is 6.10 Å². The monoisotopic (exact) mass is 280 g/mol. The fraction of sp³-hybridized carbons (Fsp3) is 1.00. The van der Waals surface area contributed by atoms with Crippen LogP contribution in [0.4, 0.5) is 0 Å². The molecule has 1 nitrogen and oxygen atoms in total. The van der Waals surface area contributed by atoms with Gasteiger partial charge in [0.05, 0.1) is 6.10 Å². The SMILES string of the molecule is CCCCCCCCOC1CCC2CCCCC2C1C. The molecule has 118 valence electrons. The first-order valence-corrected chi connectivity index (χ1v) is 9.44. The highest BCUT2D eigenvalue weighted by Crippen LogP contribution is 2.44. The number of rotatable bonds is 8. The minimum absolute atomic E-state index is 0.574. The molecule has 0 bridgehead atoms. The second kappa shape index (κ2) is 9.07. The van der Waals surface area contributed by atoms with E-state index in [4.69, 9.17) is 4.74 Å². The van der Waals surface area contributed by atoms with E-state index in [2.05, 4.69) is 13.8 Å². The predicted octanol–water partition coefficient (Wildman–Crippen LogP) is 5.97. The van der Waals surface area contributed by atoms with Gasteiger partial charge in [-0.05, 0) is 43.4 Å². The van der Waals surface area contributed by atoms with Crippen molar-refractivity contribution < 1.29 is 4.74 Å². The molecule has 1 heteroatoms. The van der Waals surface area contributed by atoms with Gasteiger partial charge in [-0.3, -0.25) is 0 Å². The maximum absolute atomic E-state index is 6.25. The van der Waals surface area contributed by atoms with Crippen molar-refractivity contribution in [2.75, 3.05) is 6.61 Å². The minimum atomic E-state index is 0.574. The van der Waals surface area contributed by atoms with Crippen LogP contribution >= 0.6 is 0 Å². The quantitative estimate of drug-likeness (QED) is 0.498. The molecular weight excluding hydrogens is 244 g/mol. The van der Waals surface area contributed by atoms with Gasteiger partial charge in [0.25, 0.3) is 0 Å². The van der Waals surface area contributed by atoms with Crippen molar-refractivity contribution in [3.8, 4) is 0 Å². The van der Waals surface area contributed by atoms with Crippen LogP contribution in [0.15, 0.2) is 0 Å². The standard InChI is InChI=1S/C19H36O/c1-3-4-5-6-7-10-15-20-19-14-13-17-11-8-9-12-18(17)16(19)2/h16-19H,3-15H2,1-2H3. The Labute approximate surface area is 126 Å². The Hall–Kier alpha value is -0.0400. The lowest BCUT2D eigenvalue weighted by atomic mass is 9.65. The van der Waals surface area contributed by atoms with Crippen molar-refractivity contribution in [1.82, 2.24) is 0 Å². The van der Waals surface area contributed by atoms with Crippen LogP contribution in [0.1, 0.15) is 90.9 Å². The predicted molar refractivity (Wildman–Crippen MR) is 87.0 cm³/mol. The Bertz CT molecular complexity index is 250. The van der Waals surface area contributed by atoms with Gasteiger partial charge in [-0.25, -0.2) is 0 Å². The summed E-state index contributed by atoms with van der Waals surface area (Å²) in [7, 11) is 0. The molecule has 0 spiro atoms. The largest absolute Gasteiger partial charge is 0.378 e. The van der Waals surface area contributed by atoms with Crippen LogP contribution in [0, 0.1) is 17.8 Å². The van der Waals surface area contributed by atoms with Gasteiger partial charge in [-0.2, -0.15) is 0 Å². The van der Waals surface area contributed by atoms with Crippen LogP contribution in [0.2, 0.25) is 0 Å². The summed E-state index contributed by atoms with van der Waals surface area (Å²) >= 11 is 0. The molecule has 2 saturated carbocycles. The number of fused-ring (bicyclic) bond motifs is 1. The van der Waals surface area contributed by atoms with E-state index in [1.807, 2.05) is 0 Å². The van der Waals surface area contributed by atoms with Crippen LogP contribution in [0.5, 0.6) is 0 Å². The third-order valence-corrected chi connectivity index (χ3v) is 5.88. The third kappa shape index (κ3) is 4.76. The molecule has 4 atom stereocenters. The van der Waals surface area contributed by atoms with Crippen molar-refractivity contribution in [3.63, 3.8) is 0 Å². The second-order valence-corrected chi connectivity index (χ2v) is 7.32. The minimum Gasteiger partial charge on any atom is -0.378 e. The zero-order valence-corrected chi connectivity index (χ0v) is 13.9. The highest BCUT2D eigenvalue weighted by molar-refractivity contribution is 4.88. The summed E-state index contributed by atoms with van der Waals surface area (Å²) in [5.74, 6) is 2.83. The second-order valence-electron chi connectivity index (χ2n) is 7.32. The molecule has 4 unspecified atom stereocenters. The summed E-state index contributed by atoms with van der Waals surface area (Å²) in [6.07, 6.45) is 17.5. The zero-order valence-electron chi connectivity index (χ0n) is 13.9. The molecule has 0 aromatic heterocycles. The van der Waals surface area contributed by atoms with Gasteiger partial charge in [0, 0.05) is 6.61 Å². The van der Waals surface area contributed by atoms with Crippen molar-refractivity contribution in [1.29, 1.82) is 0 Å². The van der Waals surface area contributed by atoms with Crippen molar-refractivity contribution in [2.24, 2.45) is 17.8 Å². The van der Waals surface area contributed by atoms with E-state index in [1.54, 1.807) is 0 Å². The molecule has 0 radical (unpaired) electrons. The van der Waals surface area contributed by atoms with Crippen LogP contribution in [0.3, 0.4) is 0 Å². The molecule has 0 amide bonds. The first-order valence-electron chi connectivity index (χ1n) is 9.44. The summed E-state index contributed by atoms with van der Waals surface area (Å²) in [6.45, 7) is 5.76. The zero-order chi connectivity index (χ0) is 14.2. The lowest BCUT2D eigenvalue weighted by Crippen LogP contribution is -2.39. The molecule has 2 fully saturated rings. The fourth-order valence-electron chi connectivity index (χ4n) is 4.56. The highest BCUT2D eigenvalue weighted by Gasteiger charge is 2.38. The number of hydrogen-bond acceptors (Lipinski definition) is 1. The maximum Gasteiger partial charge on any atom is 0.0603 e. The van der Waals surface area contributed by atoms with Gasteiger partial charge in [-0.15, -0.1) is 0 Å². The van der Waals surface area contributed by atoms with E-state index in [9.17, 15) is 0 Å². The maximum atomic E-state index is 6.25. The van der Waals surface area contributed by atoms with E-state index < -0.39 is 0 Å². The summed E-state index contributed by atoms with van der Waals surface area (Å²) < 4.78 is 6.25. The third-order valence-electron chi connectivity index (χ3n) is 5.88. The van der Waals surface area contributed by atoms with Gasteiger partial charge in [0.2, 0.25) is 0 Å². The Balaban J connectivity index is 1.59. The highest BCUT2D eigenvalue weighted by atomic mass is 16.5. The molecule has 0 aromatic carbocycles. The van der Waals surface area contributed by atoms with Crippen LogP contribution in [-0.4, -0.2) is 12.7 Å². The molecule has 0 N–H and O–H groups in total. The van der Waals surface area contributed by atoms with Crippen LogP contribution < -0.4 is 0 Å². The van der Waals surface area contributed by atoms with Gasteiger partial charge in [-0.1, -0.05) is 65.2 Å². The van der Waals surface area contributed by atoms with E-state index in [-0.39, 0.29) is 0 Å². The number of unbranched alkanes of at least 4 members (excludes halogenated alkanes) is 5. The Morgan fingerprint density at radius 1 is 0.850 bits per heavy atom. The lowest BCUT2D eigenvalue weighted by Gasteiger charge is -2.44. The molecule has 0 heterocycles. The van der Waals surface area contributed by atoms with Crippen molar-refractivity contribution in [2.45, 2.75) is 97.0 Å². The normalized spacial score (nSPS) is 33.9. The molecular formula is C19H36O. The van der Waals surface area contributed by atoms with E-state index in [0.717, 1.165) is 24.4 Å². The Morgan fingerprint density at radius 2 is 1.60 bits per heavy atom. The molecule has 2 aliphatic carbocycles. The average molecular weight is 280 g/mol. The topological polar surface area (TPSA) is 9.23 Å². The summed E-state index contributed by atoms with van der Waals surface area (Å²) in [6, 6.07) is 0. The first kappa shape index (κ1) is 16.3. The van der Waals surface area contributed by atoms with E-state index >= 15 is 0 Å². The van der Waals surface area contributed by atoms with Crippen LogP contribution in [0.25, 0.3) is 0 Å². The summed E-state index contributed by atoms with van der Waals surface area (Å²) in [4.78, 5) is 0. The number of ether oxygens (including phenoxy) is 1. The van der Waals surface area contributed by atoms with Gasteiger partial charge >= 0.3 is 0 Å². The molecule has 20 heavy (non-hydrogen) atoms. The molecule has 2 rings (SSSR count).